The molecule has 1 N–H and O–H groups in total. The van der Waals surface area contributed by atoms with Gasteiger partial charge < -0.3 is 5.11 Å². The van der Waals surface area contributed by atoms with Crippen molar-refractivity contribution in [1.29, 1.82) is 0 Å². The van der Waals surface area contributed by atoms with Crippen molar-refractivity contribution in [3.05, 3.63) is 35.4 Å². The summed E-state index contributed by atoms with van der Waals surface area (Å²) >= 11 is 3.99. The van der Waals surface area contributed by atoms with Gasteiger partial charge in [-0.25, -0.2) is 0 Å². The van der Waals surface area contributed by atoms with E-state index in [0.717, 1.165) is 11.1 Å². The van der Waals surface area contributed by atoms with Crippen molar-refractivity contribution in [2.75, 3.05) is 5.75 Å². The standard InChI is InChI=1S/C13H14O2S/c1-13(2,12(14)15)11-7-5-10(6-8-11)4-3-9-16/h5-8,16H,9H2,1-2H3,(H,14,15). The van der Waals surface area contributed by atoms with E-state index in [1.165, 1.54) is 0 Å². The molecule has 0 spiro atoms. The number of benzene rings is 1. The molecule has 0 heterocycles. The maximum Gasteiger partial charge on any atom is 0.313 e. The Morgan fingerprint density at radius 3 is 2.38 bits per heavy atom. The third-order valence-electron chi connectivity index (χ3n) is 2.45. The molecule has 0 saturated heterocycles. The first-order valence-corrected chi connectivity index (χ1v) is 5.55. The number of hydrogen-bond acceptors (Lipinski definition) is 2. The Bertz CT molecular complexity index is 435. The largest absolute Gasteiger partial charge is 0.481 e. The summed E-state index contributed by atoms with van der Waals surface area (Å²) in [6.07, 6.45) is 0. The number of carboxylic acids is 1. The van der Waals surface area contributed by atoms with Crippen LogP contribution in [0.1, 0.15) is 25.0 Å². The van der Waals surface area contributed by atoms with Crippen LogP contribution in [0.5, 0.6) is 0 Å². The molecule has 0 unspecified atom stereocenters. The zero-order chi connectivity index (χ0) is 12.2. The third-order valence-corrected chi connectivity index (χ3v) is 2.61. The van der Waals surface area contributed by atoms with Gasteiger partial charge in [0.05, 0.1) is 11.2 Å². The summed E-state index contributed by atoms with van der Waals surface area (Å²) in [6, 6.07) is 7.26. The van der Waals surface area contributed by atoms with Crippen molar-refractivity contribution in [2.24, 2.45) is 0 Å². The molecule has 0 aromatic heterocycles. The van der Waals surface area contributed by atoms with E-state index in [1.807, 2.05) is 12.1 Å². The maximum absolute atomic E-state index is 11.0. The Morgan fingerprint density at radius 2 is 1.94 bits per heavy atom. The van der Waals surface area contributed by atoms with Crippen LogP contribution in [0.15, 0.2) is 24.3 Å². The molecule has 0 bridgehead atoms. The van der Waals surface area contributed by atoms with Crippen molar-refractivity contribution >= 4 is 18.6 Å². The van der Waals surface area contributed by atoms with Gasteiger partial charge in [-0.15, -0.1) is 0 Å². The Hall–Kier alpha value is -1.40. The molecule has 16 heavy (non-hydrogen) atoms. The molecule has 0 atom stereocenters. The Morgan fingerprint density at radius 1 is 1.38 bits per heavy atom. The Labute approximate surface area is 101 Å². The lowest BCUT2D eigenvalue weighted by Gasteiger charge is -2.19. The average Bonchev–Trinajstić information content (AvgIpc) is 2.26. The molecule has 0 amide bonds. The normalized spacial score (nSPS) is 10.4. The topological polar surface area (TPSA) is 37.3 Å². The number of thiol groups is 1. The van der Waals surface area contributed by atoms with Gasteiger partial charge in [0.1, 0.15) is 0 Å². The molecule has 3 heteroatoms. The Balaban J connectivity index is 2.99. The third kappa shape index (κ3) is 2.80. The predicted octanol–water partition coefficient (Wildman–Crippen LogP) is 2.33. The molecule has 1 aromatic carbocycles. The minimum absolute atomic E-state index is 0.516. The molecule has 0 fully saturated rings. The van der Waals surface area contributed by atoms with Gasteiger partial charge in [-0.3, -0.25) is 4.79 Å². The lowest BCUT2D eigenvalue weighted by Crippen LogP contribution is -2.28. The van der Waals surface area contributed by atoms with Gasteiger partial charge in [0.15, 0.2) is 0 Å². The molecule has 0 radical (unpaired) electrons. The zero-order valence-corrected chi connectivity index (χ0v) is 10.2. The fourth-order valence-electron chi connectivity index (χ4n) is 1.24. The number of aliphatic carboxylic acids is 1. The summed E-state index contributed by atoms with van der Waals surface area (Å²) < 4.78 is 0. The summed E-state index contributed by atoms with van der Waals surface area (Å²) in [5.74, 6) is 5.46. The minimum atomic E-state index is -0.866. The fourth-order valence-corrected chi connectivity index (χ4v) is 1.31. The molecule has 84 valence electrons. The quantitative estimate of drug-likeness (QED) is 0.609. The predicted molar refractivity (Wildman–Crippen MR) is 67.8 cm³/mol. The van der Waals surface area contributed by atoms with Crippen LogP contribution in [0.3, 0.4) is 0 Å². The first-order chi connectivity index (χ1) is 7.48. The fraction of sp³-hybridized carbons (Fsp3) is 0.308. The summed E-state index contributed by atoms with van der Waals surface area (Å²) in [7, 11) is 0. The van der Waals surface area contributed by atoms with Gasteiger partial charge in [0, 0.05) is 5.56 Å². The second-order valence-corrected chi connectivity index (χ2v) is 4.28. The molecular formula is C13H14O2S. The van der Waals surface area contributed by atoms with E-state index in [4.69, 9.17) is 5.11 Å². The minimum Gasteiger partial charge on any atom is -0.481 e. The van der Waals surface area contributed by atoms with Crippen LogP contribution in [-0.2, 0) is 10.2 Å². The van der Waals surface area contributed by atoms with E-state index in [9.17, 15) is 4.79 Å². The molecule has 0 saturated carbocycles. The molecular weight excluding hydrogens is 220 g/mol. The molecule has 0 aliphatic rings. The lowest BCUT2D eigenvalue weighted by molar-refractivity contribution is -0.142. The van der Waals surface area contributed by atoms with E-state index < -0.39 is 11.4 Å². The van der Waals surface area contributed by atoms with Crippen molar-refractivity contribution in [1.82, 2.24) is 0 Å². The summed E-state index contributed by atoms with van der Waals surface area (Å²) in [5.41, 5.74) is 0.783. The smallest absolute Gasteiger partial charge is 0.313 e. The highest BCUT2D eigenvalue weighted by atomic mass is 32.1. The highest BCUT2D eigenvalue weighted by Crippen LogP contribution is 2.23. The maximum atomic E-state index is 11.0. The van der Waals surface area contributed by atoms with E-state index >= 15 is 0 Å². The first kappa shape index (κ1) is 12.7. The highest BCUT2D eigenvalue weighted by molar-refractivity contribution is 7.80. The van der Waals surface area contributed by atoms with Crippen molar-refractivity contribution in [3.63, 3.8) is 0 Å². The van der Waals surface area contributed by atoms with Crippen LogP contribution in [0.25, 0.3) is 0 Å². The van der Waals surface area contributed by atoms with E-state index in [-0.39, 0.29) is 0 Å². The van der Waals surface area contributed by atoms with Crippen LogP contribution < -0.4 is 0 Å². The van der Waals surface area contributed by atoms with Gasteiger partial charge in [0.2, 0.25) is 0 Å². The summed E-state index contributed by atoms with van der Waals surface area (Å²) in [4.78, 5) is 11.0. The van der Waals surface area contributed by atoms with Crippen LogP contribution in [0, 0.1) is 11.8 Å². The molecule has 1 aromatic rings. The highest BCUT2D eigenvalue weighted by Gasteiger charge is 2.28. The molecule has 0 aliphatic heterocycles. The summed E-state index contributed by atoms with van der Waals surface area (Å²) in [6.45, 7) is 3.37. The molecule has 1 rings (SSSR count). The van der Waals surface area contributed by atoms with Gasteiger partial charge in [-0.05, 0) is 31.5 Å². The average molecular weight is 234 g/mol. The van der Waals surface area contributed by atoms with Gasteiger partial charge in [-0.1, -0.05) is 24.0 Å². The van der Waals surface area contributed by atoms with Gasteiger partial charge in [-0.2, -0.15) is 12.6 Å². The van der Waals surface area contributed by atoms with E-state index in [2.05, 4.69) is 24.5 Å². The van der Waals surface area contributed by atoms with Gasteiger partial charge in [0.25, 0.3) is 0 Å². The van der Waals surface area contributed by atoms with Crippen molar-refractivity contribution < 1.29 is 9.90 Å². The van der Waals surface area contributed by atoms with E-state index in [1.54, 1.807) is 26.0 Å². The van der Waals surface area contributed by atoms with Crippen molar-refractivity contribution in [3.8, 4) is 11.8 Å². The van der Waals surface area contributed by atoms with Crippen LogP contribution in [-0.4, -0.2) is 16.8 Å². The van der Waals surface area contributed by atoms with Crippen LogP contribution in [0.2, 0.25) is 0 Å². The Kier molecular flexibility index (Phi) is 4.03. The van der Waals surface area contributed by atoms with Crippen LogP contribution >= 0.6 is 12.6 Å². The number of hydrogen-bond donors (Lipinski definition) is 2. The van der Waals surface area contributed by atoms with Gasteiger partial charge >= 0.3 is 5.97 Å². The number of carbonyl (C=O) groups is 1. The number of rotatable bonds is 2. The number of carboxylic acid groups (broad SMARTS) is 1. The molecule has 2 nitrogen and oxygen atoms in total. The molecule has 0 aliphatic carbocycles. The lowest BCUT2D eigenvalue weighted by atomic mass is 9.84. The second-order valence-electron chi connectivity index (χ2n) is 3.97. The van der Waals surface area contributed by atoms with Crippen molar-refractivity contribution in [2.45, 2.75) is 19.3 Å². The monoisotopic (exact) mass is 234 g/mol. The van der Waals surface area contributed by atoms with Crippen LogP contribution in [0.4, 0.5) is 0 Å². The first-order valence-electron chi connectivity index (χ1n) is 4.92. The second kappa shape index (κ2) is 5.09. The summed E-state index contributed by atoms with van der Waals surface area (Å²) in [5, 5.41) is 9.07. The SMILES string of the molecule is CC(C)(C(=O)O)c1ccc(C#CCS)cc1. The zero-order valence-electron chi connectivity index (χ0n) is 9.32. The van der Waals surface area contributed by atoms with E-state index in [0.29, 0.717) is 5.75 Å².